The molecule has 0 unspecified atom stereocenters. The highest BCUT2D eigenvalue weighted by Gasteiger charge is 2.13. The molecule has 0 bridgehead atoms. The van der Waals surface area contributed by atoms with Gasteiger partial charge in [-0.2, -0.15) is 0 Å². The molecule has 0 spiro atoms. The fourth-order valence-corrected chi connectivity index (χ4v) is 1.41. The second-order valence-corrected chi connectivity index (χ2v) is 3.55. The van der Waals surface area contributed by atoms with Crippen LogP contribution in [0.15, 0.2) is 35.0 Å². The van der Waals surface area contributed by atoms with E-state index >= 15 is 0 Å². The Kier molecular flexibility index (Phi) is 3.09. The highest BCUT2D eigenvalue weighted by Crippen LogP contribution is 2.27. The third-order valence-electron chi connectivity index (χ3n) is 2.33. The summed E-state index contributed by atoms with van der Waals surface area (Å²) in [4.78, 5) is 11.1. The van der Waals surface area contributed by atoms with Crippen LogP contribution in [0.3, 0.4) is 0 Å². The molecule has 0 saturated carbocycles. The lowest BCUT2D eigenvalue weighted by Gasteiger charge is -2.02. The van der Waals surface area contributed by atoms with Crippen molar-refractivity contribution < 1.29 is 14.1 Å². The number of hydrogen-bond acceptors (Lipinski definition) is 4. The lowest BCUT2D eigenvalue weighted by Crippen LogP contribution is -2.10. The molecule has 5 heteroatoms. The van der Waals surface area contributed by atoms with Gasteiger partial charge in [0.05, 0.1) is 18.9 Å². The average molecular weight is 232 g/mol. The molecule has 1 amide bonds. The lowest BCUT2D eigenvalue weighted by molar-refractivity contribution is 0.186. The van der Waals surface area contributed by atoms with Crippen LogP contribution in [0.25, 0.3) is 11.1 Å². The van der Waals surface area contributed by atoms with Crippen molar-refractivity contribution in [1.82, 2.24) is 5.16 Å². The van der Waals surface area contributed by atoms with Gasteiger partial charge < -0.3 is 9.26 Å². The standard InChI is InChI=1S/C12H12N2O3/c1-8-3-5-9(6-4-8)10-7-13-17-11(10)14-12(15)16-2/h3-7H,1-2H3,(H,14,15). The largest absolute Gasteiger partial charge is 0.453 e. The minimum atomic E-state index is -0.588. The van der Waals surface area contributed by atoms with Crippen LogP contribution in [0, 0.1) is 6.92 Å². The second kappa shape index (κ2) is 4.69. The Morgan fingerprint density at radius 1 is 1.35 bits per heavy atom. The van der Waals surface area contributed by atoms with Gasteiger partial charge in [0.25, 0.3) is 0 Å². The summed E-state index contributed by atoms with van der Waals surface area (Å²) in [6.07, 6.45) is 0.964. The Hall–Kier alpha value is -2.30. The zero-order valence-corrected chi connectivity index (χ0v) is 9.56. The van der Waals surface area contributed by atoms with Crippen molar-refractivity contribution in [2.75, 3.05) is 12.4 Å². The van der Waals surface area contributed by atoms with Crippen LogP contribution in [0.5, 0.6) is 0 Å². The summed E-state index contributed by atoms with van der Waals surface area (Å²) in [5, 5.41) is 6.13. The molecular formula is C12H12N2O3. The molecule has 0 atom stereocenters. The Morgan fingerprint density at radius 2 is 2.06 bits per heavy atom. The zero-order valence-electron chi connectivity index (χ0n) is 9.56. The van der Waals surface area contributed by atoms with Crippen molar-refractivity contribution in [3.05, 3.63) is 36.0 Å². The van der Waals surface area contributed by atoms with Gasteiger partial charge in [0.15, 0.2) is 0 Å². The van der Waals surface area contributed by atoms with Crippen LogP contribution >= 0.6 is 0 Å². The van der Waals surface area contributed by atoms with E-state index in [0.29, 0.717) is 0 Å². The van der Waals surface area contributed by atoms with Crippen molar-refractivity contribution >= 4 is 12.0 Å². The fraction of sp³-hybridized carbons (Fsp3) is 0.167. The van der Waals surface area contributed by atoms with Crippen LogP contribution in [-0.4, -0.2) is 18.4 Å². The number of aromatic nitrogens is 1. The maximum Gasteiger partial charge on any atom is 0.413 e. The Morgan fingerprint density at radius 3 is 2.71 bits per heavy atom. The Bertz CT molecular complexity index is 517. The monoisotopic (exact) mass is 232 g/mol. The van der Waals surface area contributed by atoms with Gasteiger partial charge in [-0.25, -0.2) is 4.79 Å². The van der Waals surface area contributed by atoms with Gasteiger partial charge in [-0.05, 0) is 12.5 Å². The number of ether oxygens (including phenoxy) is 1. The molecule has 2 aromatic rings. The molecule has 1 heterocycles. The molecule has 0 aliphatic carbocycles. The Balaban J connectivity index is 2.30. The first kappa shape index (κ1) is 11.2. The minimum Gasteiger partial charge on any atom is -0.453 e. The number of amides is 1. The van der Waals surface area contributed by atoms with Gasteiger partial charge in [0.1, 0.15) is 0 Å². The first-order valence-electron chi connectivity index (χ1n) is 5.07. The summed E-state index contributed by atoms with van der Waals surface area (Å²) < 4.78 is 9.46. The molecule has 0 aliphatic rings. The number of rotatable bonds is 2. The highest BCUT2D eigenvalue weighted by atomic mass is 16.5. The molecule has 1 aromatic carbocycles. The number of nitrogens with zero attached hydrogens (tertiary/aromatic N) is 1. The molecule has 1 N–H and O–H groups in total. The molecule has 0 fully saturated rings. The van der Waals surface area contributed by atoms with Crippen molar-refractivity contribution in [3.63, 3.8) is 0 Å². The lowest BCUT2D eigenvalue weighted by atomic mass is 10.1. The van der Waals surface area contributed by atoms with Gasteiger partial charge in [-0.3, -0.25) is 5.32 Å². The van der Waals surface area contributed by atoms with Gasteiger partial charge in [0.2, 0.25) is 5.88 Å². The van der Waals surface area contributed by atoms with Crippen molar-refractivity contribution in [2.24, 2.45) is 0 Å². The molecule has 0 radical (unpaired) electrons. The molecule has 0 aliphatic heterocycles. The van der Waals surface area contributed by atoms with Crippen molar-refractivity contribution in [1.29, 1.82) is 0 Å². The second-order valence-electron chi connectivity index (χ2n) is 3.55. The smallest absolute Gasteiger partial charge is 0.413 e. The quantitative estimate of drug-likeness (QED) is 0.864. The number of methoxy groups -OCH3 is 1. The zero-order chi connectivity index (χ0) is 12.3. The summed E-state index contributed by atoms with van der Waals surface area (Å²) in [5.74, 6) is 0.278. The van der Waals surface area contributed by atoms with Gasteiger partial charge in [0, 0.05) is 0 Å². The van der Waals surface area contributed by atoms with E-state index in [0.717, 1.165) is 16.7 Å². The Labute approximate surface area is 98.4 Å². The van der Waals surface area contributed by atoms with Crippen LogP contribution in [0.2, 0.25) is 0 Å². The molecule has 2 rings (SSSR count). The van der Waals surface area contributed by atoms with E-state index in [9.17, 15) is 4.79 Å². The number of nitrogens with one attached hydrogen (secondary N) is 1. The maximum atomic E-state index is 11.1. The summed E-state index contributed by atoms with van der Waals surface area (Å²) in [5.41, 5.74) is 2.80. The van der Waals surface area contributed by atoms with Gasteiger partial charge in [-0.1, -0.05) is 35.0 Å². The predicted molar refractivity (Wildman–Crippen MR) is 62.7 cm³/mol. The molecular weight excluding hydrogens is 220 g/mol. The van der Waals surface area contributed by atoms with Gasteiger partial charge >= 0.3 is 6.09 Å². The minimum absolute atomic E-state index is 0.278. The SMILES string of the molecule is COC(=O)Nc1oncc1-c1ccc(C)cc1. The fourth-order valence-electron chi connectivity index (χ4n) is 1.41. The van der Waals surface area contributed by atoms with Crippen LogP contribution in [0.4, 0.5) is 10.7 Å². The first-order valence-corrected chi connectivity index (χ1v) is 5.07. The summed E-state index contributed by atoms with van der Waals surface area (Å²) in [7, 11) is 1.29. The number of aryl methyl sites for hydroxylation is 1. The summed E-state index contributed by atoms with van der Waals surface area (Å²) in [6, 6.07) is 7.82. The maximum absolute atomic E-state index is 11.1. The number of carbonyl (C=O) groups is 1. The number of carbonyl (C=O) groups excluding carboxylic acids is 1. The molecule has 17 heavy (non-hydrogen) atoms. The first-order chi connectivity index (χ1) is 8.20. The van der Waals surface area contributed by atoms with Crippen LogP contribution in [-0.2, 0) is 4.74 Å². The molecule has 0 saturated heterocycles. The topological polar surface area (TPSA) is 64.4 Å². The molecule has 5 nitrogen and oxygen atoms in total. The number of benzene rings is 1. The number of hydrogen-bond donors (Lipinski definition) is 1. The molecule has 88 valence electrons. The highest BCUT2D eigenvalue weighted by molar-refractivity contribution is 5.88. The normalized spacial score (nSPS) is 10.0. The van der Waals surface area contributed by atoms with Crippen LogP contribution < -0.4 is 5.32 Å². The van der Waals surface area contributed by atoms with E-state index in [-0.39, 0.29) is 5.88 Å². The number of anilines is 1. The van der Waals surface area contributed by atoms with Gasteiger partial charge in [-0.15, -0.1) is 0 Å². The van der Waals surface area contributed by atoms with Crippen LogP contribution in [0.1, 0.15) is 5.56 Å². The average Bonchev–Trinajstić information content (AvgIpc) is 2.78. The summed E-state index contributed by atoms with van der Waals surface area (Å²) in [6.45, 7) is 2.00. The predicted octanol–water partition coefficient (Wildman–Crippen LogP) is 2.83. The van der Waals surface area contributed by atoms with E-state index in [1.807, 2.05) is 31.2 Å². The van der Waals surface area contributed by atoms with Crippen molar-refractivity contribution in [3.8, 4) is 11.1 Å². The summed E-state index contributed by atoms with van der Waals surface area (Å²) >= 11 is 0. The van der Waals surface area contributed by atoms with E-state index in [2.05, 4.69) is 15.2 Å². The van der Waals surface area contributed by atoms with E-state index < -0.39 is 6.09 Å². The van der Waals surface area contributed by atoms with E-state index in [1.165, 1.54) is 7.11 Å². The van der Waals surface area contributed by atoms with E-state index in [1.54, 1.807) is 6.20 Å². The third-order valence-corrected chi connectivity index (χ3v) is 2.33. The molecule has 1 aromatic heterocycles. The van der Waals surface area contributed by atoms with Crippen molar-refractivity contribution in [2.45, 2.75) is 6.92 Å². The van der Waals surface area contributed by atoms with E-state index in [4.69, 9.17) is 4.52 Å². The third kappa shape index (κ3) is 2.44.